The van der Waals surface area contributed by atoms with E-state index in [-0.39, 0.29) is 11.9 Å². The molecule has 0 saturated heterocycles. The van der Waals surface area contributed by atoms with Gasteiger partial charge in [0.05, 0.1) is 12.2 Å². The lowest BCUT2D eigenvalue weighted by atomic mass is 10.1. The second kappa shape index (κ2) is 7.63. The summed E-state index contributed by atoms with van der Waals surface area (Å²) in [6.07, 6.45) is 7.93. The Bertz CT molecular complexity index is 1010. The molecule has 4 rings (SSSR count). The average molecular weight is 358 g/mol. The smallest absolute Gasteiger partial charge is 0.273 e. The second-order valence-electron chi connectivity index (χ2n) is 6.87. The molecule has 3 aromatic rings. The van der Waals surface area contributed by atoms with Crippen LogP contribution in [0.25, 0.3) is 5.78 Å². The molecular formula is C22H22N4O. The maximum Gasteiger partial charge on any atom is 0.273 e. The number of benzene rings is 1. The van der Waals surface area contributed by atoms with E-state index in [2.05, 4.69) is 21.8 Å². The Morgan fingerprint density at radius 2 is 2.00 bits per heavy atom. The number of carbonyl (C=O) groups excluding carboxylic acids is 1. The minimum atomic E-state index is -0.0118. The molecule has 5 heteroatoms. The lowest BCUT2D eigenvalue weighted by Gasteiger charge is -2.27. The normalized spacial score (nSPS) is 14.1. The molecule has 1 aliphatic carbocycles. The SMILES string of the molecule is Cc1nc2ncccn2c1C(=O)N(CC#Cc1ccccc1)C1CCCC1. The summed E-state index contributed by atoms with van der Waals surface area (Å²) in [5, 5.41) is 0. The van der Waals surface area contributed by atoms with Crippen LogP contribution in [0.5, 0.6) is 0 Å². The fourth-order valence-electron chi connectivity index (χ4n) is 3.72. The Morgan fingerprint density at radius 1 is 1.22 bits per heavy atom. The van der Waals surface area contributed by atoms with Crippen LogP contribution in [0.15, 0.2) is 48.8 Å². The van der Waals surface area contributed by atoms with E-state index >= 15 is 0 Å². The fraction of sp³-hybridized carbons (Fsp3) is 0.318. The zero-order chi connectivity index (χ0) is 18.6. The largest absolute Gasteiger partial charge is 0.323 e. The maximum atomic E-state index is 13.4. The van der Waals surface area contributed by atoms with Crippen LogP contribution in [0.2, 0.25) is 0 Å². The van der Waals surface area contributed by atoms with Crippen LogP contribution in [0.3, 0.4) is 0 Å². The van der Waals surface area contributed by atoms with E-state index in [1.807, 2.05) is 54.4 Å². The molecule has 1 aliphatic rings. The summed E-state index contributed by atoms with van der Waals surface area (Å²) >= 11 is 0. The first kappa shape index (κ1) is 17.3. The van der Waals surface area contributed by atoms with Crippen LogP contribution in [-0.4, -0.2) is 37.8 Å². The summed E-state index contributed by atoms with van der Waals surface area (Å²) in [7, 11) is 0. The molecule has 1 saturated carbocycles. The number of amides is 1. The Labute approximate surface area is 159 Å². The molecule has 1 aromatic carbocycles. The first-order valence-corrected chi connectivity index (χ1v) is 9.38. The van der Waals surface area contributed by atoms with Gasteiger partial charge in [-0.1, -0.05) is 42.9 Å². The van der Waals surface area contributed by atoms with Crippen LogP contribution < -0.4 is 0 Å². The monoisotopic (exact) mass is 358 g/mol. The molecular weight excluding hydrogens is 336 g/mol. The highest BCUT2D eigenvalue weighted by atomic mass is 16.2. The summed E-state index contributed by atoms with van der Waals surface area (Å²) in [6.45, 7) is 2.29. The molecule has 2 aromatic heterocycles. The first-order valence-electron chi connectivity index (χ1n) is 9.38. The minimum absolute atomic E-state index is 0.0118. The molecule has 136 valence electrons. The Kier molecular flexibility index (Phi) is 4.88. The number of aryl methyl sites for hydroxylation is 1. The average Bonchev–Trinajstić information content (AvgIpc) is 3.32. The van der Waals surface area contributed by atoms with Crippen LogP contribution in [0.1, 0.15) is 47.4 Å². The zero-order valence-corrected chi connectivity index (χ0v) is 15.4. The van der Waals surface area contributed by atoms with Gasteiger partial charge in [-0.3, -0.25) is 9.20 Å². The van der Waals surface area contributed by atoms with Gasteiger partial charge in [-0.05, 0) is 38.0 Å². The van der Waals surface area contributed by atoms with Crippen molar-refractivity contribution >= 4 is 11.7 Å². The highest BCUT2D eigenvalue weighted by Crippen LogP contribution is 2.25. The number of carbonyl (C=O) groups is 1. The molecule has 1 fully saturated rings. The van der Waals surface area contributed by atoms with Crippen LogP contribution in [0.4, 0.5) is 0 Å². The standard InChI is InChI=1S/C22H22N4O/c1-17-20(26-16-8-14-23-22(26)24-17)21(27)25(19-12-5-6-13-19)15-7-11-18-9-3-2-4-10-18/h2-4,8-10,14,16,19H,5-6,12-13,15H2,1H3. The van der Waals surface area contributed by atoms with Crippen molar-refractivity contribution in [3.8, 4) is 11.8 Å². The topological polar surface area (TPSA) is 50.5 Å². The number of imidazole rings is 1. The van der Waals surface area contributed by atoms with Gasteiger partial charge in [0, 0.05) is 24.0 Å². The van der Waals surface area contributed by atoms with Crippen molar-refractivity contribution < 1.29 is 4.79 Å². The van der Waals surface area contributed by atoms with Crippen LogP contribution >= 0.6 is 0 Å². The quantitative estimate of drug-likeness (QED) is 0.674. The van der Waals surface area contributed by atoms with Gasteiger partial charge < -0.3 is 4.90 Å². The van der Waals surface area contributed by atoms with Gasteiger partial charge in [-0.2, -0.15) is 0 Å². The van der Waals surface area contributed by atoms with Gasteiger partial charge >= 0.3 is 0 Å². The highest BCUT2D eigenvalue weighted by Gasteiger charge is 2.30. The van der Waals surface area contributed by atoms with E-state index in [9.17, 15) is 4.79 Å². The summed E-state index contributed by atoms with van der Waals surface area (Å²) in [5.74, 6) is 6.91. The Balaban J connectivity index is 1.65. The van der Waals surface area contributed by atoms with Crippen molar-refractivity contribution in [2.75, 3.05) is 6.54 Å². The van der Waals surface area contributed by atoms with Crippen molar-refractivity contribution in [2.24, 2.45) is 0 Å². The van der Waals surface area contributed by atoms with Crippen molar-refractivity contribution in [1.29, 1.82) is 0 Å². The van der Waals surface area contributed by atoms with E-state index < -0.39 is 0 Å². The number of rotatable bonds is 3. The maximum absolute atomic E-state index is 13.4. The number of hydrogen-bond donors (Lipinski definition) is 0. The molecule has 1 amide bonds. The van der Waals surface area contributed by atoms with E-state index in [4.69, 9.17) is 0 Å². The summed E-state index contributed by atoms with van der Waals surface area (Å²) < 4.78 is 1.78. The van der Waals surface area contributed by atoms with Gasteiger partial charge in [0.25, 0.3) is 5.91 Å². The van der Waals surface area contributed by atoms with Crippen molar-refractivity contribution in [3.05, 3.63) is 65.7 Å². The molecule has 0 N–H and O–H groups in total. The van der Waals surface area contributed by atoms with Crippen molar-refractivity contribution in [2.45, 2.75) is 38.6 Å². The second-order valence-corrected chi connectivity index (χ2v) is 6.87. The van der Waals surface area contributed by atoms with Crippen molar-refractivity contribution in [1.82, 2.24) is 19.3 Å². The fourth-order valence-corrected chi connectivity index (χ4v) is 3.72. The van der Waals surface area contributed by atoms with Gasteiger partial charge in [0.1, 0.15) is 5.69 Å². The Morgan fingerprint density at radius 3 is 2.78 bits per heavy atom. The molecule has 27 heavy (non-hydrogen) atoms. The van der Waals surface area contributed by atoms with Crippen molar-refractivity contribution in [3.63, 3.8) is 0 Å². The predicted octanol–water partition coefficient (Wildman–Crippen LogP) is 3.47. The minimum Gasteiger partial charge on any atom is -0.323 e. The molecule has 2 heterocycles. The number of fused-ring (bicyclic) bond motifs is 1. The van der Waals surface area contributed by atoms with Crippen LogP contribution in [0, 0.1) is 18.8 Å². The molecule has 0 bridgehead atoms. The van der Waals surface area contributed by atoms with E-state index in [1.165, 1.54) is 0 Å². The third-order valence-electron chi connectivity index (χ3n) is 5.06. The van der Waals surface area contributed by atoms with Gasteiger partial charge in [-0.25, -0.2) is 9.97 Å². The molecule has 0 spiro atoms. The van der Waals surface area contributed by atoms with Gasteiger partial charge in [0.2, 0.25) is 5.78 Å². The zero-order valence-electron chi connectivity index (χ0n) is 15.4. The summed E-state index contributed by atoms with van der Waals surface area (Å²) in [6, 6.07) is 11.9. The van der Waals surface area contributed by atoms with Gasteiger partial charge in [-0.15, -0.1) is 0 Å². The number of nitrogens with zero attached hydrogens (tertiary/aromatic N) is 4. The first-order chi connectivity index (χ1) is 13.2. The molecule has 0 unspecified atom stereocenters. The molecule has 0 atom stereocenters. The molecule has 5 nitrogen and oxygen atoms in total. The third kappa shape index (κ3) is 3.56. The number of aromatic nitrogens is 3. The van der Waals surface area contributed by atoms with Gasteiger partial charge in [0.15, 0.2) is 0 Å². The molecule has 0 aliphatic heterocycles. The third-order valence-corrected chi connectivity index (χ3v) is 5.06. The number of hydrogen-bond acceptors (Lipinski definition) is 3. The lowest BCUT2D eigenvalue weighted by molar-refractivity contribution is 0.0702. The highest BCUT2D eigenvalue weighted by molar-refractivity contribution is 5.95. The lowest BCUT2D eigenvalue weighted by Crippen LogP contribution is -2.40. The summed E-state index contributed by atoms with van der Waals surface area (Å²) in [4.78, 5) is 24.1. The van der Waals surface area contributed by atoms with Crippen LogP contribution in [-0.2, 0) is 0 Å². The molecule has 0 radical (unpaired) electrons. The van der Waals surface area contributed by atoms with E-state index in [1.54, 1.807) is 10.6 Å². The summed E-state index contributed by atoms with van der Waals surface area (Å²) in [5.41, 5.74) is 2.26. The van der Waals surface area contributed by atoms with E-state index in [0.29, 0.717) is 23.7 Å². The van der Waals surface area contributed by atoms with E-state index in [0.717, 1.165) is 31.2 Å². The predicted molar refractivity (Wildman–Crippen MR) is 104 cm³/mol. The Hall–Kier alpha value is -3.13.